The molecular formula is C19H24ClFN4O4S. The molecule has 0 aromatic carbocycles. The Morgan fingerprint density at radius 2 is 2.20 bits per heavy atom. The van der Waals surface area contributed by atoms with Crippen LogP contribution in [0.25, 0.3) is 11.5 Å². The number of ether oxygens (including phenoxy) is 1. The lowest BCUT2D eigenvalue weighted by molar-refractivity contribution is -0.140. The normalized spacial score (nSPS) is 20.3. The minimum Gasteiger partial charge on any atom is -0.466 e. The van der Waals surface area contributed by atoms with Gasteiger partial charge in [0.05, 0.1) is 24.3 Å². The lowest BCUT2D eigenvalue weighted by atomic mass is 9.86. The van der Waals surface area contributed by atoms with Crippen molar-refractivity contribution in [2.24, 2.45) is 5.92 Å². The molecule has 2 aromatic rings. The highest BCUT2D eigenvalue weighted by Crippen LogP contribution is 2.37. The standard InChI is InChI=1S/C19H24ClFN4O4S/c1-12-11-25(30(27,28)9-3-8-29-13(2)26)7-6-15(12)17-18(20)24-19(23-17)16-5-4-14(21)10-22-16/h4-5,10,12,15H,3,6-9,11H2,1-2H3,(H,23,24)/t12-,15+/m0/s1. The minimum absolute atomic E-state index is 0.00620. The Balaban J connectivity index is 1.65. The van der Waals surface area contributed by atoms with Crippen molar-refractivity contribution in [3.05, 3.63) is 35.0 Å². The summed E-state index contributed by atoms with van der Waals surface area (Å²) in [5.41, 5.74) is 1.21. The summed E-state index contributed by atoms with van der Waals surface area (Å²) in [5.74, 6) is -0.466. The van der Waals surface area contributed by atoms with Crippen LogP contribution in [0.2, 0.25) is 5.15 Å². The van der Waals surface area contributed by atoms with E-state index in [2.05, 4.69) is 15.0 Å². The molecule has 164 valence electrons. The number of carbonyl (C=O) groups excluding carboxylic acids is 1. The van der Waals surface area contributed by atoms with Crippen LogP contribution in [0.15, 0.2) is 18.3 Å². The molecule has 1 aliphatic rings. The molecule has 2 aromatic heterocycles. The van der Waals surface area contributed by atoms with Gasteiger partial charge in [0, 0.05) is 25.9 Å². The number of carbonyl (C=O) groups is 1. The number of aromatic amines is 1. The quantitative estimate of drug-likeness (QED) is 0.505. The third-order valence-electron chi connectivity index (χ3n) is 5.14. The molecule has 11 heteroatoms. The Morgan fingerprint density at radius 1 is 1.43 bits per heavy atom. The van der Waals surface area contributed by atoms with Crippen LogP contribution in [-0.2, 0) is 19.6 Å². The predicted octanol–water partition coefficient (Wildman–Crippen LogP) is 2.97. The first-order chi connectivity index (χ1) is 14.2. The summed E-state index contributed by atoms with van der Waals surface area (Å²) in [4.78, 5) is 22.3. The number of imidazole rings is 1. The molecule has 0 spiro atoms. The maximum absolute atomic E-state index is 13.1. The molecule has 30 heavy (non-hydrogen) atoms. The lowest BCUT2D eigenvalue weighted by Gasteiger charge is -2.35. The van der Waals surface area contributed by atoms with E-state index in [-0.39, 0.29) is 30.6 Å². The Labute approximate surface area is 179 Å². The molecule has 1 fully saturated rings. The van der Waals surface area contributed by atoms with Crippen molar-refractivity contribution in [3.63, 3.8) is 0 Å². The molecule has 8 nitrogen and oxygen atoms in total. The highest BCUT2D eigenvalue weighted by molar-refractivity contribution is 7.89. The van der Waals surface area contributed by atoms with Crippen molar-refractivity contribution in [2.45, 2.75) is 32.6 Å². The topological polar surface area (TPSA) is 105 Å². The Bertz CT molecular complexity index is 996. The van der Waals surface area contributed by atoms with Gasteiger partial charge in [-0.3, -0.25) is 4.79 Å². The van der Waals surface area contributed by atoms with Gasteiger partial charge in [-0.15, -0.1) is 0 Å². The molecule has 1 aliphatic heterocycles. The van der Waals surface area contributed by atoms with Gasteiger partial charge in [0.2, 0.25) is 10.0 Å². The number of H-pyrrole nitrogens is 1. The SMILES string of the molecule is CC(=O)OCCCS(=O)(=O)N1CC[C@@H](c2[nH]c(-c3ccc(F)cn3)nc2Cl)[C@@H](C)C1. The molecule has 0 radical (unpaired) electrons. The molecule has 1 saturated heterocycles. The second-order valence-electron chi connectivity index (χ2n) is 7.39. The van der Waals surface area contributed by atoms with Crippen LogP contribution in [0.1, 0.15) is 38.3 Å². The molecule has 0 amide bonds. The number of nitrogens with zero attached hydrogens (tertiary/aromatic N) is 3. The fourth-order valence-electron chi connectivity index (χ4n) is 3.62. The molecule has 2 atom stereocenters. The largest absolute Gasteiger partial charge is 0.466 e. The zero-order valence-electron chi connectivity index (χ0n) is 16.8. The van der Waals surface area contributed by atoms with Crippen LogP contribution in [0.3, 0.4) is 0 Å². The average molecular weight is 459 g/mol. The van der Waals surface area contributed by atoms with E-state index in [0.29, 0.717) is 36.2 Å². The van der Waals surface area contributed by atoms with Crippen molar-refractivity contribution < 1.29 is 22.3 Å². The van der Waals surface area contributed by atoms with Crippen LogP contribution in [-0.4, -0.2) is 59.1 Å². The minimum atomic E-state index is -3.43. The average Bonchev–Trinajstić information content (AvgIpc) is 3.07. The van der Waals surface area contributed by atoms with E-state index in [0.717, 1.165) is 11.9 Å². The Kier molecular flexibility index (Phi) is 7.10. The van der Waals surface area contributed by atoms with E-state index in [1.807, 2.05) is 6.92 Å². The van der Waals surface area contributed by atoms with Crippen molar-refractivity contribution in [2.75, 3.05) is 25.4 Å². The Hall–Kier alpha value is -2.04. The van der Waals surface area contributed by atoms with Crippen molar-refractivity contribution >= 4 is 27.6 Å². The molecular weight excluding hydrogens is 435 g/mol. The smallest absolute Gasteiger partial charge is 0.302 e. The highest BCUT2D eigenvalue weighted by Gasteiger charge is 2.35. The number of nitrogens with one attached hydrogen (secondary N) is 1. The van der Waals surface area contributed by atoms with Gasteiger partial charge in [0.25, 0.3) is 0 Å². The third-order valence-corrected chi connectivity index (χ3v) is 7.35. The molecule has 3 heterocycles. The summed E-state index contributed by atoms with van der Waals surface area (Å²) in [6.07, 6.45) is 1.96. The van der Waals surface area contributed by atoms with E-state index in [9.17, 15) is 17.6 Å². The van der Waals surface area contributed by atoms with Gasteiger partial charge in [0.1, 0.15) is 11.5 Å². The van der Waals surface area contributed by atoms with Crippen LogP contribution < -0.4 is 0 Å². The number of halogens is 2. The fraction of sp³-hybridized carbons (Fsp3) is 0.526. The number of sulfonamides is 1. The summed E-state index contributed by atoms with van der Waals surface area (Å²) >= 11 is 6.34. The van der Waals surface area contributed by atoms with Gasteiger partial charge in [-0.2, -0.15) is 0 Å². The van der Waals surface area contributed by atoms with Crippen molar-refractivity contribution in [3.8, 4) is 11.5 Å². The maximum atomic E-state index is 13.1. The molecule has 0 saturated carbocycles. The Morgan fingerprint density at radius 3 is 2.83 bits per heavy atom. The number of piperidine rings is 1. The molecule has 0 bridgehead atoms. The van der Waals surface area contributed by atoms with E-state index in [1.54, 1.807) is 0 Å². The van der Waals surface area contributed by atoms with E-state index in [1.165, 1.54) is 23.4 Å². The molecule has 0 aliphatic carbocycles. The first-order valence-electron chi connectivity index (χ1n) is 9.66. The number of hydrogen-bond donors (Lipinski definition) is 1. The van der Waals surface area contributed by atoms with Gasteiger partial charge in [-0.1, -0.05) is 18.5 Å². The van der Waals surface area contributed by atoms with Gasteiger partial charge < -0.3 is 9.72 Å². The van der Waals surface area contributed by atoms with Crippen LogP contribution in [0, 0.1) is 11.7 Å². The number of aromatic nitrogens is 3. The van der Waals surface area contributed by atoms with Gasteiger partial charge >= 0.3 is 5.97 Å². The van der Waals surface area contributed by atoms with Gasteiger partial charge in [0.15, 0.2) is 11.0 Å². The zero-order chi connectivity index (χ0) is 21.9. The summed E-state index contributed by atoms with van der Waals surface area (Å²) in [7, 11) is -3.43. The number of esters is 1. The summed E-state index contributed by atoms with van der Waals surface area (Å²) in [5, 5.41) is 0.311. The van der Waals surface area contributed by atoms with E-state index >= 15 is 0 Å². The van der Waals surface area contributed by atoms with Crippen LogP contribution in [0.4, 0.5) is 4.39 Å². The first kappa shape index (κ1) is 22.6. The lowest BCUT2D eigenvalue weighted by Crippen LogP contribution is -2.43. The van der Waals surface area contributed by atoms with E-state index in [4.69, 9.17) is 16.3 Å². The van der Waals surface area contributed by atoms with Crippen LogP contribution in [0.5, 0.6) is 0 Å². The molecule has 0 unspecified atom stereocenters. The first-order valence-corrected chi connectivity index (χ1v) is 11.6. The third kappa shape index (κ3) is 5.35. The number of rotatable bonds is 7. The maximum Gasteiger partial charge on any atom is 0.302 e. The number of pyridine rings is 1. The van der Waals surface area contributed by atoms with E-state index < -0.39 is 21.8 Å². The highest BCUT2D eigenvalue weighted by atomic mass is 35.5. The monoisotopic (exact) mass is 458 g/mol. The van der Waals surface area contributed by atoms with Gasteiger partial charge in [-0.05, 0) is 30.9 Å². The predicted molar refractivity (Wildman–Crippen MR) is 110 cm³/mol. The summed E-state index contributed by atoms with van der Waals surface area (Å²) < 4.78 is 44.6. The van der Waals surface area contributed by atoms with Crippen LogP contribution >= 0.6 is 11.6 Å². The zero-order valence-corrected chi connectivity index (χ0v) is 18.3. The molecule has 3 rings (SSSR count). The van der Waals surface area contributed by atoms with Gasteiger partial charge in [-0.25, -0.2) is 27.1 Å². The summed E-state index contributed by atoms with van der Waals surface area (Å²) in [6.45, 7) is 4.08. The van der Waals surface area contributed by atoms with Crippen molar-refractivity contribution in [1.29, 1.82) is 0 Å². The number of hydrogen-bond acceptors (Lipinski definition) is 6. The molecule has 1 N–H and O–H groups in total. The fourth-order valence-corrected chi connectivity index (χ4v) is 5.48. The second-order valence-corrected chi connectivity index (χ2v) is 9.84. The summed E-state index contributed by atoms with van der Waals surface area (Å²) in [6, 6.07) is 2.81. The second kappa shape index (κ2) is 9.40. The van der Waals surface area contributed by atoms with Crippen molar-refractivity contribution in [1.82, 2.24) is 19.3 Å².